The molecule has 3 rings (SSSR count). The van der Waals surface area contributed by atoms with Gasteiger partial charge >= 0.3 is 0 Å². The normalized spacial score (nSPS) is 14.2. The Bertz CT molecular complexity index is 694. The molecule has 0 bridgehead atoms. The van der Waals surface area contributed by atoms with Crippen LogP contribution in [0, 0.1) is 5.82 Å². The summed E-state index contributed by atoms with van der Waals surface area (Å²) in [6, 6.07) is 3.96. The standard InChI is InChI=1S/C14H13FN2O2/c15-10-7-8(5-6-12(10)18)13-16-11-4-2-1-3-9(11)14(19)17-13/h5-7,18H,1-4H2,(H,16,17,19). The van der Waals surface area contributed by atoms with Crippen LogP contribution in [0.5, 0.6) is 5.75 Å². The summed E-state index contributed by atoms with van der Waals surface area (Å²) in [6.45, 7) is 0. The lowest BCUT2D eigenvalue weighted by Gasteiger charge is -2.14. The molecular weight excluding hydrogens is 247 g/mol. The number of aromatic hydroxyl groups is 1. The summed E-state index contributed by atoms with van der Waals surface area (Å²) < 4.78 is 13.3. The third-order valence-corrected chi connectivity index (χ3v) is 3.41. The summed E-state index contributed by atoms with van der Waals surface area (Å²) in [7, 11) is 0. The smallest absolute Gasteiger partial charge is 0.254 e. The number of rotatable bonds is 1. The summed E-state index contributed by atoms with van der Waals surface area (Å²) >= 11 is 0. The van der Waals surface area contributed by atoms with Crippen LogP contribution in [0.4, 0.5) is 4.39 Å². The van der Waals surface area contributed by atoms with Crippen molar-refractivity contribution in [1.82, 2.24) is 9.97 Å². The van der Waals surface area contributed by atoms with Crippen LogP contribution in [0.2, 0.25) is 0 Å². The zero-order valence-corrected chi connectivity index (χ0v) is 10.2. The van der Waals surface area contributed by atoms with Crippen molar-refractivity contribution in [3.05, 3.63) is 45.6 Å². The Hall–Kier alpha value is -2.17. The molecule has 2 aromatic rings. The quantitative estimate of drug-likeness (QED) is 0.825. The monoisotopic (exact) mass is 260 g/mol. The first kappa shape index (κ1) is 11.9. The SMILES string of the molecule is O=c1[nH]c(-c2ccc(O)c(F)c2)nc2c1CCCC2. The third-order valence-electron chi connectivity index (χ3n) is 3.41. The number of H-pyrrole nitrogens is 1. The summed E-state index contributed by atoms with van der Waals surface area (Å²) in [4.78, 5) is 19.1. The Labute approximate surface area is 109 Å². The Kier molecular flexibility index (Phi) is 2.81. The van der Waals surface area contributed by atoms with Gasteiger partial charge in [-0.3, -0.25) is 4.79 Å². The average Bonchev–Trinajstić information content (AvgIpc) is 2.42. The molecule has 1 aliphatic rings. The van der Waals surface area contributed by atoms with Crippen LogP contribution in [0.25, 0.3) is 11.4 Å². The Balaban J connectivity index is 2.12. The lowest BCUT2D eigenvalue weighted by Crippen LogP contribution is -2.21. The zero-order chi connectivity index (χ0) is 13.4. The van der Waals surface area contributed by atoms with Gasteiger partial charge < -0.3 is 10.1 Å². The van der Waals surface area contributed by atoms with Crippen molar-refractivity contribution >= 4 is 0 Å². The van der Waals surface area contributed by atoms with E-state index in [0.29, 0.717) is 11.4 Å². The Morgan fingerprint density at radius 2 is 2.05 bits per heavy atom. The second-order valence-electron chi connectivity index (χ2n) is 4.71. The highest BCUT2D eigenvalue weighted by Gasteiger charge is 2.16. The van der Waals surface area contributed by atoms with E-state index in [9.17, 15) is 9.18 Å². The van der Waals surface area contributed by atoms with Crippen LogP contribution in [0.1, 0.15) is 24.1 Å². The van der Waals surface area contributed by atoms with Gasteiger partial charge in [0, 0.05) is 11.1 Å². The van der Waals surface area contributed by atoms with E-state index in [2.05, 4.69) is 9.97 Å². The number of hydrogen-bond acceptors (Lipinski definition) is 3. The van der Waals surface area contributed by atoms with Crippen LogP contribution in [-0.4, -0.2) is 15.1 Å². The van der Waals surface area contributed by atoms with Gasteiger partial charge in [-0.2, -0.15) is 0 Å². The van der Waals surface area contributed by atoms with E-state index in [4.69, 9.17) is 5.11 Å². The summed E-state index contributed by atoms with van der Waals surface area (Å²) in [5.41, 5.74) is 1.86. The molecule has 0 saturated carbocycles. The zero-order valence-electron chi connectivity index (χ0n) is 10.2. The van der Waals surface area contributed by atoms with Crippen LogP contribution < -0.4 is 5.56 Å². The van der Waals surface area contributed by atoms with Crippen molar-refractivity contribution in [3.8, 4) is 17.1 Å². The van der Waals surface area contributed by atoms with E-state index in [0.717, 1.165) is 36.9 Å². The molecule has 0 fully saturated rings. The number of phenolic OH excluding ortho intramolecular Hbond substituents is 1. The number of hydrogen-bond donors (Lipinski definition) is 2. The van der Waals surface area contributed by atoms with Crippen molar-refractivity contribution in [2.45, 2.75) is 25.7 Å². The van der Waals surface area contributed by atoms with Gasteiger partial charge in [0.05, 0.1) is 5.69 Å². The molecule has 1 heterocycles. The van der Waals surface area contributed by atoms with E-state index in [-0.39, 0.29) is 5.56 Å². The molecule has 98 valence electrons. The fourth-order valence-electron chi connectivity index (χ4n) is 2.39. The van der Waals surface area contributed by atoms with Gasteiger partial charge in [-0.25, -0.2) is 9.37 Å². The van der Waals surface area contributed by atoms with Gasteiger partial charge in [-0.05, 0) is 43.9 Å². The Morgan fingerprint density at radius 3 is 2.84 bits per heavy atom. The van der Waals surface area contributed by atoms with Crippen LogP contribution in [0.15, 0.2) is 23.0 Å². The first-order chi connectivity index (χ1) is 9.15. The largest absolute Gasteiger partial charge is 0.505 e. The lowest BCUT2D eigenvalue weighted by atomic mass is 9.97. The fraction of sp³-hybridized carbons (Fsp3) is 0.286. The maximum atomic E-state index is 13.3. The third kappa shape index (κ3) is 2.12. The van der Waals surface area contributed by atoms with Gasteiger partial charge in [0.1, 0.15) is 5.82 Å². The minimum Gasteiger partial charge on any atom is -0.505 e. The molecular formula is C14H13FN2O2. The molecule has 1 aromatic heterocycles. The molecule has 0 spiro atoms. The van der Waals surface area contributed by atoms with Crippen LogP contribution >= 0.6 is 0 Å². The van der Waals surface area contributed by atoms with Crippen LogP contribution in [-0.2, 0) is 12.8 Å². The molecule has 0 aliphatic heterocycles. The van der Waals surface area contributed by atoms with E-state index in [1.807, 2.05) is 0 Å². The first-order valence-corrected chi connectivity index (χ1v) is 6.26. The predicted molar refractivity (Wildman–Crippen MR) is 68.6 cm³/mol. The van der Waals surface area contributed by atoms with Crippen molar-refractivity contribution in [2.24, 2.45) is 0 Å². The number of aryl methyl sites for hydroxylation is 1. The maximum Gasteiger partial charge on any atom is 0.254 e. The Morgan fingerprint density at radius 1 is 1.26 bits per heavy atom. The number of fused-ring (bicyclic) bond motifs is 1. The highest BCUT2D eigenvalue weighted by molar-refractivity contribution is 5.56. The second kappa shape index (κ2) is 4.50. The summed E-state index contributed by atoms with van der Waals surface area (Å²) in [5, 5.41) is 9.17. The van der Waals surface area contributed by atoms with Gasteiger partial charge in [-0.15, -0.1) is 0 Å². The molecule has 0 unspecified atom stereocenters. The fourth-order valence-corrected chi connectivity index (χ4v) is 2.39. The van der Waals surface area contributed by atoms with Crippen molar-refractivity contribution in [2.75, 3.05) is 0 Å². The molecule has 0 saturated heterocycles. The second-order valence-corrected chi connectivity index (χ2v) is 4.71. The number of halogens is 1. The average molecular weight is 260 g/mol. The van der Waals surface area contributed by atoms with Crippen molar-refractivity contribution in [1.29, 1.82) is 0 Å². The summed E-state index contributed by atoms with van der Waals surface area (Å²) in [5.74, 6) is -0.786. The van der Waals surface area contributed by atoms with E-state index in [1.165, 1.54) is 18.2 Å². The maximum absolute atomic E-state index is 13.3. The molecule has 0 amide bonds. The van der Waals surface area contributed by atoms with Crippen LogP contribution in [0.3, 0.4) is 0 Å². The number of aromatic nitrogens is 2. The number of nitrogens with one attached hydrogen (secondary N) is 1. The first-order valence-electron chi connectivity index (χ1n) is 6.26. The van der Waals surface area contributed by atoms with Gasteiger partial charge in [0.25, 0.3) is 5.56 Å². The van der Waals surface area contributed by atoms with E-state index in [1.54, 1.807) is 0 Å². The number of nitrogens with zero attached hydrogens (tertiary/aromatic N) is 1. The van der Waals surface area contributed by atoms with Crippen molar-refractivity contribution < 1.29 is 9.50 Å². The molecule has 5 heteroatoms. The number of benzene rings is 1. The molecule has 4 nitrogen and oxygen atoms in total. The predicted octanol–water partition coefficient (Wildman–Crippen LogP) is 2.16. The number of aromatic amines is 1. The summed E-state index contributed by atoms with van der Waals surface area (Å²) in [6.07, 6.45) is 3.56. The minimum atomic E-state index is -0.724. The molecule has 1 aliphatic carbocycles. The highest BCUT2D eigenvalue weighted by atomic mass is 19.1. The molecule has 19 heavy (non-hydrogen) atoms. The number of phenols is 1. The van der Waals surface area contributed by atoms with Gasteiger partial charge in [-0.1, -0.05) is 0 Å². The van der Waals surface area contributed by atoms with E-state index >= 15 is 0 Å². The van der Waals surface area contributed by atoms with Crippen molar-refractivity contribution in [3.63, 3.8) is 0 Å². The molecule has 1 aromatic carbocycles. The lowest BCUT2D eigenvalue weighted by molar-refractivity contribution is 0.432. The highest BCUT2D eigenvalue weighted by Crippen LogP contribution is 2.23. The molecule has 2 N–H and O–H groups in total. The molecule has 0 atom stereocenters. The van der Waals surface area contributed by atoms with Gasteiger partial charge in [0.2, 0.25) is 0 Å². The van der Waals surface area contributed by atoms with E-state index < -0.39 is 11.6 Å². The topological polar surface area (TPSA) is 66.0 Å². The molecule has 0 radical (unpaired) electrons. The minimum absolute atomic E-state index is 0.145. The van der Waals surface area contributed by atoms with Gasteiger partial charge in [0.15, 0.2) is 11.6 Å².